The Balaban J connectivity index is 1.70. The second kappa shape index (κ2) is 8.70. The van der Waals surface area contributed by atoms with Gasteiger partial charge in [0.2, 0.25) is 17.7 Å². The Labute approximate surface area is 182 Å². The molecule has 1 aliphatic heterocycles. The van der Waals surface area contributed by atoms with Gasteiger partial charge >= 0.3 is 0 Å². The van der Waals surface area contributed by atoms with Crippen LogP contribution in [0.4, 0.5) is 5.95 Å². The fourth-order valence-electron chi connectivity index (χ4n) is 3.92. The zero-order chi connectivity index (χ0) is 22.0. The number of fused-ring (bicyclic) bond motifs is 1. The van der Waals surface area contributed by atoms with Gasteiger partial charge in [-0.05, 0) is 39.3 Å². The van der Waals surface area contributed by atoms with Crippen molar-refractivity contribution in [2.24, 2.45) is 0 Å². The minimum atomic E-state index is -0.312. The number of rotatable bonds is 7. The van der Waals surface area contributed by atoms with E-state index in [1.165, 1.54) is 0 Å². The number of benzene rings is 1. The van der Waals surface area contributed by atoms with Crippen molar-refractivity contribution < 1.29 is 13.9 Å². The Morgan fingerprint density at radius 1 is 1.29 bits per heavy atom. The van der Waals surface area contributed by atoms with Crippen LogP contribution in [0, 0.1) is 0 Å². The number of amides is 1. The van der Waals surface area contributed by atoms with Gasteiger partial charge in [-0.25, -0.2) is 0 Å². The normalized spacial score (nSPS) is 18.5. The van der Waals surface area contributed by atoms with E-state index in [1.807, 2.05) is 41.8 Å². The van der Waals surface area contributed by atoms with Gasteiger partial charge in [-0.15, -0.1) is 10.2 Å². The molecule has 1 amide bonds. The monoisotopic (exact) mass is 425 g/mol. The molecule has 1 aromatic carbocycles. The highest BCUT2D eigenvalue weighted by molar-refractivity contribution is 5.82. The third-order valence-corrected chi connectivity index (χ3v) is 6.05. The number of carbonyl (C=O) groups is 1. The number of nitrogens with one attached hydrogen (secondary N) is 1. The summed E-state index contributed by atoms with van der Waals surface area (Å²) in [5, 5.41) is 13.0. The molecule has 1 atom stereocenters. The number of hydrogen-bond acceptors (Lipinski definition) is 6. The molecule has 1 aliphatic rings. The number of ether oxygens (including phenoxy) is 1. The number of anilines is 1. The van der Waals surface area contributed by atoms with Crippen LogP contribution in [0.5, 0.6) is 0 Å². The zero-order valence-electron chi connectivity index (χ0n) is 18.7. The maximum atomic E-state index is 12.3. The topological polar surface area (TPSA) is 85.4 Å². The quantitative estimate of drug-likeness (QED) is 0.622. The van der Waals surface area contributed by atoms with E-state index in [1.54, 1.807) is 0 Å². The lowest BCUT2D eigenvalue weighted by Crippen LogP contribution is -2.56. The first-order chi connectivity index (χ1) is 14.9. The van der Waals surface area contributed by atoms with Gasteiger partial charge < -0.3 is 19.4 Å². The standard InChI is InChI=1S/C23H31N5O3/c1-5-11-24-20(29)10-12-28-21(19-15-17-8-6-7-9-18(17)31-19)25-26-22(28)27-13-14-30-23(3,4)16(27)2/h6-9,15-16H,5,10-14H2,1-4H3,(H,24,29). The molecule has 0 bridgehead atoms. The molecule has 4 rings (SSSR count). The van der Waals surface area contributed by atoms with Gasteiger partial charge in [-0.2, -0.15) is 0 Å². The van der Waals surface area contributed by atoms with Crippen LogP contribution in [0.2, 0.25) is 0 Å². The maximum Gasteiger partial charge on any atom is 0.228 e. The Kier molecular flexibility index (Phi) is 6.00. The minimum Gasteiger partial charge on any atom is -0.453 e. The van der Waals surface area contributed by atoms with E-state index in [-0.39, 0.29) is 17.6 Å². The molecule has 1 fully saturated rings. The fourth-order valence-corrected chi connectivity index (χ4v) is 3.92. The predicted octanol–water partition coefficient (Wildman–Crippen LogP) is 3.61. The van der Waals surface area contributed by atoms with Gasteiger partial charge in [0, 0.05) is 31.4 Å². The largest absolute Gasteiger partial charge is 0.453 e. The van der Waals surface area contributed by atoms with Crippen molar-refractivity contribution in [3.63, 3.8) is 0 Å². The number of aromatic nitrogens is 3. The third-order valence-electron chi connectivity index (χ3n) is 6.05. The fraction of sp³-hybridized carbons (Fsp3) is 0.522. The molecule has 1 unspecified atom stereocenters. The van der Waals surface area contributed by atoms with Crippen LogP contribution >= 0.6 is 0 Å². The molecule has 0 radical (unpaired) electrons. The third kappa shape index (κ3) is 4.30. The molecule has 3 aromatic rings. The SMILES string of the molecule is CCCNC(=O)CCn1c(-c2cc3ccccc3o2)nnc1N1CCOC(C)(C)C1C. The Hall–Kier alpha value is -2.87. The van der Waals surface area contributed by atoms with E-state index in [2.05, 4.69) is 41.2 Å². The van der Waals surface area contributed by atoms with E-state index in [0.717, 1.165) is 23.3 Å². The van der Waals surface area contributed by atoms with Crippen molar-refractivity contribution in [1.29, 1.82) is 0 Å². The second-order valence-corrected chi connectivity index (χ2v) is 8.54. The summed E-state index contributed by atoms with van der Waals surface area (Å²) in [7, 11) is 0. The molecule has 0 aliphatic carbocycles. The summed E-state index contributed by atoms with van der Waals surface area (Å²) < 4.78 is 14.0. The van der Waals surface area contributed by atoms with Crippen LogP contribution < -0.4 is 10.2 Å². The number of morpholine rings is 1. The molecule has 1 saturated heterocycles. The van der Waals surface area contributed by atoms with Crippen LogP contribution in [0.3, 0.4) is 0 Å². The highest BCUT2D eigenvalue weighted by Gasteiger charge is 2.38. The van der Waals surface area contributed by atoms with Crippen molar-refractivity contribution >= 4 is 22.8 Å². The lowest BCUT2D eigenvalue weighted by Gasteiger charge is -2.44. The lowest BCUT2D eigenvalue weighted by atomic mass is 9.97. The number of hydrogen-bond donors (Lipinski definition) is 1. The van der Waals surface area contributed by atoms with Gasteiger partial charge in [-0.3, -0.25) is 9.36 Å². The molecule has 0 spiro atoms. The van der Waals surface area contributed by atoms with Crippen LogP contribution in [-0.2, 0) is 16.1 Å². The van der Waals surface area contributed by atoms with E-state index >= 15 is 0 Å². The van der Waals surface area contributed by atoms with Crippen molar-refractivity contribution in [3.8, 4) is 11.6 Å². The molecule has 2 aromatic heterocycles. The first kappa shape index (κ1) is 21.4. The summed E-state index contributed by atoms with van der Waals surface area (Å²) in [6.07, 6.45) is 1.26. The van der Waals surface area contributed by atoms with Gasteiger partial charge in [0.15, 0.2) is 5.76 Å². The van der Waals surface area contributed by atoms with Crippen LogP contribution in [-0.4, -0.2) is 52.0 Å². The summed E-state index contributed by atoms with van der Waals surface area (Å²) in [6.45, 7) is 10.8. The van der Waals surface area contributed by atoms with Gasteiger partial charge in [0.25, 0.3) is 0 Å². The number of furan rings is 1. The summed E-state index contributed by atoms with van der Waals surface area (Å²) >= 11 is 0. The van der Waals surface area contributed by atoms with Crippen LogP contribution in [0.1, 0.15) is 40.5 Å². The summed E-state index contributed by atoms with van der Waals surface area (Å²) in [4.78, 5) is 14.5. The maximum absolute atomic E-state index is 12.3. The number of para-hydroxylation sites is 1. The lowest BCUT2D eigenvalue weighted by molar-refractivity contribution is -0.121. The Morgan fingerprint density at radius 2 is 2.10 bits per heavy atom. The predicted molar refractivity (Wildman–Crippen MR) is 120 cm³/mol. The molecule has 3 heterocycles. The molecule has 0 saturated carbocycles. The van der Waals surface area contributed by atoms with Crippen LogP contribution in [0.25, 0.3) is 22.6 Å². The Bertz CT molecular complexity index is 1020. The smallest absolute Gasteiger partial charge is 0.228 e. The van der Waals surface area contributed by atoms with Gasteiger partial charge in [0.05, 0.1) is 18.2 Å². The highest BCUT2D eigenvalue weighted by atomic mass is 16.5. The molecular formula is C23H31N5O3. The zero-order valence-corrected chi connectivity index (χ0v) is 18.7. The van der Waals surface area contributed by atoms with Gasteiger partial charge in [0.1, 0.15) is 5.58 Å². The van der Waals surface area contributed by atoms with Crippen molar-refractivity contribution in [2.45, 2.75) is 58.7 Å². The summed E-state index contributed by atoms with van der Waals surface area (Å²) in [5.74, 6) is 2.04. The molecule has 8 heteroatoms. The van der Waals surface area contributed by atoms with Crippen molar-refractivity contribution in [3.05, 3.63) is 30.3 Å². The average molecular weight is 426 g/mol. The van der Waals surface area contributed by atoms with E-state index < -0.39 is 0 Å². The van der Waals surface area contributed by atoms with Crippen molar-refractivity contribution in [2.75, 3.05) is 24.6 Å². The molecule has 1 N–H and O–H groups in total. The van der Waals surface area contributed by atoms with Crippen molar-refractivity contribution in [1.82, 2.24) is 20.1 Å². The highest BCUT2D eigenvalue weighted by Crippen LogP contribution is 2.32. The first-order valence-corrected chi connectivity index (χ1v) is 11.0. The molecule has 8 nitrogen and oxygen atoms in total. The summed E-state index contributed by atoms with van der Waals surface area (Å²) in [5.41, 5.74) is 0.489. The molecule has 31 heavy (non-hydrogen) atoms. The molecular weight excluding hydrogens is 394 g/mol. The Morgan fingerprint density at radius 3 is 2.87 bits per heavy atom. The molecule has 166 valence electrons. The first-order valence-electron chi connectivity index (χ1n) is 11.0. The minimum absolute atomic E-state index is 0.0208. The second-order valence-electron chi connectivity index (χ2n) is 8.54. The van der Waals surface area contributed by atoms with Crippen LogP contribution in [0.15, 0.2) is 34.7 Å². The average Bonchev–Trinajstić information content (AvgIpc) is 3.36. The number of carbonyl (C=O) groups excluding carboxylic acids is 1. The summed E-state index contributed by atoms with van der Waals surface area (Å²) in [6, 6.07) is 9.94. The van der Waals surface area contributed by atoms with E-state index in [9.17, 15) is 4.79 Å². The number of nitrogens with zero attached hydrogens (tertiary/aromatic N) is 4. The van der Waals surface area contributed by atoms with E-state index in [0.29, 0.717) is 44.2 Å². The van der Waals surface area contributed by atoms with Gasteiger partial charge in [-0.1, -0.05) is 25.1 Å². The van der Waals surface area contributed by atoms with E-state index in [4.69, 9.17) is 9.15 Å².